The van der Waals surface area contributed by atoms with Crippen molar-refractivity contribution < 1.29 is 22.7 Å². The highest BCUT2D eigenvalue weighted by Gasteiger charge is 2.30. The van der Waals surface area contributed by atoms with E-state index in [0.717, 1.165) is 27.3 Å². The molecule has 0 spiro atoms. The lowest BCUT2D eigenvalue weighted by atomic mass is 10.1. The Labute approximate surface area is 179 Å². The number of ether oxygens (including phenoxy) is 2. The summed E-state index contributed by atoms with van der Waals surface area (Å²) in [6.45, 7) is 7.26. The van der Waals surface area contributed by atoms with Gasteiger partial charge in [-0.25, -0.2) is 8.42 Å². The molecule has 7 nitrogen and oxygen atoms in total. The van der Waals surface area contributed by atoms with E-state index in [9.17, 15) is 13.2 Å². The predicted molar refractivity (Wildman–Crippen MR) is 119 cm³/mol. The molecule has 2 rings (SSSR count). The van der Waals surface area contributed by atoms with Crippen LogP contribution in [0.15, 0.2) is 36.4 Å². The van der Waals surface area contributed by atoms with Crippen LogP contribution in [0.4, 0.5) is 5.69 Å². The van der Waals surface area contributed by atoms with Gasteiger partial charge in [-0.3, -0.25) is 9.10 Å². The first-order chi connectivity index (χ1) is 14.0. The number of nitrogens with one attached hydrogen (secondary N) is 1. The van der Waals surface area contributed by atoms with Gasteiger partial charge < -0.3 is 14.8 Å². The smallest absolute Gasteiger partial charge is 0.244 e. The summed E-state index contributed by atoms with van der Waals surface area (Å²) in [5, 5.41) is 2.89. The van der Waals surface area contributed by atoms with Crippen LogP contribution in [0.3, 0.4) is 0 Å². The number of carbonyl (C=O) groups is 1. The molecular weight excluding hydrogens is 404 g/mol. The van der Waals surface area contributed by atoms with Crippen molar-refractivity contribution >= 4 is 21.6 Å². The van der Waals surface area contributed by atoms with Crippen LogP contribution in [0.25, 0.3) is 0 Å². The van der Waals surface area contributed by atoms with Crippen LogP contribution in [0.2, 0.25) is 0 Å². The number of hydrogen-bond donors (Lipinski definition) is 1. The van der Waals surface area contributed by atoms with Gasteiger partial charge in [-0.2, -0.15) is 0 Å². The Morgan fingerprint density at radius 3 is 2.13 bits per heavy atom. The zero-order chi connectivity index (χ0) is 22.6. The standard InChI is InChI=1S/C22H30N2O5S/c1-14-8-10-19(12-15(14)2)24(30(7,26)27)17(4)22(25)23-16(3)18-9-11-20(28-5)21(13-18)29-6/h8-13,16-17H,1-7H3,(H,23,25). The van der Waals surface area contributed by atoms with Gasteiger partial charge >= 0.3 is 0 Å². The van der Waals surface area contributed by atoms with E-state index in [1.165, 1.54) is 0 Å². The van der Waals surface area contributed by atoms with Crippen molar-refractivity contribution in [2.24, 2.45) is 0 Å². The summed E-state index contributed by atoms with van der Waals surface area (Å²) in [5.41, 5.74) is 3.27. The lowest BCUT2D eigenvalue weighted by Crippen LogP contribution is -2.48. The average Bonchev–Trinajstić information content (AvgIpc) is 2.68. The molecule has 2 unspecified atom stereocenters. The van der Waals surface area contributed by atoms with Crippen molar-refractivity contribution in [3.8, 4) is 11.5 Å². The van der Waals surface area contributed by atoms with E-state index in [2.05, 4.69) is 5.32 Å². The first-order valence-electron chi connectivity index (χ1n) is 9.58. The van der Waals surface area contributed by atoms with Crippen molar-refractivity contribution in [2.75, 3.05) is 24.8 Å². The highest BCUT2D eigenvalue weighted by molar-refractivity contribution is 7.92. The molecule has 2 atom stereocenters. The molecule has 0 heterocycles. The molecule has 0 aliphatic carbocycles. The fourth-order valence-corrected chi connectivity index (χ4v) is 4.38. The average molecular weight is 435 g/mol. The van der Waals surface area contributed by atoms with E-state index in [-0.39, 0.29) is 6.04 Å². The van der Waals surface area contributed by atoms with Crippen molar-refractivity contribution in [1.29, 1.82) is 0 Å². The molecule has 2 aromatic rings. The van der Waals surface area contributed by atoms with Crippen LogP contribution < -0.4 is 19.1 Å². The number of amides is 1. The largest absolute Gasteiger partial charge is 0.493 e. The highest BCUT2D eigenvalue weighted by Crippen LogP contribution is 2.30. The van der Waals surface area contributed by atoms with Gasteiger partial charge in [0.2, 0.25) is 15.9 Å². The van der Waals surface area contributed by atoms with E-state index in [1.54, 1.807) is 45.4 Å². The van der Waals surface area contributed by atoms with Crippen molar-refractivity contribution in [3.63, 3.8) is 0 Å². The molecule has 0 bridgehead atoms. The number of benzene rings is 2. The fraction of sp³-hybridized carbons (Fsp3) is 0.409. The number of methoxy groups -OCH3 is 2. The molecule has 1 amide bonds. The Morgan fingerprint density at radius 2 is 1.60 bits per heavy atom. The summed E-state index contributed by atoms with van der Waals surface area (Å²) in [7, 11) is -0.581. The van der Waals surface area contributed by atoms with Crippen LogP contribution in [-0.4, -0.2) is 40.8 Å². The fourth-order valence-electron chi connectivity index (χ4n) is 3.21. The minimum absolute atomic E-state index is 0.360. The monoisotopic (exact) mass is 434 g/mol. The Bertz CT molecular complexity index is 1020. The van der Waals surface area contributed by atoms with Crippen LogP contribution in [0.1, 0.15) is 36.6 Å². The second-order valence-electron chi connectivity index (χ2n) is 7.35. The second kappa shape index (κ2) is 9.38. The summed E-state index contributed by atoms with van der Waals surface area (Å²) < 4.78 is 36.7. The van der Waals surface area contributed by atoms with Gasteiger partial charge in [-0.1, -0.05) is 12.1 Å². The molecule has 0 aromatic heterocycles. The molecule has 1 N–H and O–H groups in total. The summed E-state index contributed by atoms with van der Waals surface area (Å²) in [6, 6.07) is 9.42. The van der Waals surface area contributed by atoms with Crippen LogP contribution in [-0.2, 0) is 14.8 Å². The minimum atomic E-state index is -3.68. The molecule has 0 aliphatic heterocycles. The Morgan fingerprint density at radius 1 is 0.967 bits per heavy atom. The van der Waals surface area contributed by atoms with E-state index in [0.29, 0.717) is 17.2 Å². The third-order valence-electron chi connectivity index (χ3n) is 5.10. The van der Waals surface area contributed by atoms with E-state index < -0.39 is 22.0 Å². The lowest BCUT2D eigenvalue weighted by molar-refractivity contribution is -0.122. The minimum Gasteiger partial charge on any atom is -0.493 e. The number of hydrogen-bond acceptors (Lipinski definition) is 5. The Hall–Kier alpha value is -2.74. The third-order valence-corrected chi connectivity index (χ3v) is 6.34. The lowest BCUT2D eigenvalue weighted by Gasteiger charge is -2.29. The maximum absolute atomic E-state index is 12.9. The highest BCUT2D eigenvalue weighted by atomic mass is 32.2. The van der Waals surface area contributed by atoms with E-state index in [1.807, 2.05) is 32.9 Å². The zero-order valence-electron chi connectivity index (χ0n) is 18.5. The SMILES string of the molecule is COc1ccc(C(C)NC(=O)C(C)N(c2ccc(C)c(C)c2)S(C)(=O)=O)cc1OC. The number of anilines is 1. The van der Waals surface area contributed by atoms with Gasteiger partial charge in [0.05, 0.1) is 32.2 Å². The van der Waals surface area contributed by atoms with Crippen LogP contribution >= 0.6 is 0 Å². The molecule has 0 saturated heterocycles. The van der Waals surface area contributed by atoms with Crippen LogP contribution in [0, 0.1) is 13.8 Å². The number of sulfonamides is 1. The summed E-state index contributed by atoms with van der Waals surface area (Å²) in [4.78, 5) is 12.9. The zero-order valence-corrected chi connectivity index (χ0v) is 19.3. The number of rotatable bonds is 8. The summed E-state index contributed by atoms with van der Waals surface area (Å²) in [5.74, 6) is 0.740. The van der Waals surface area contributed by atoms with Gasteiger partial charge in [0, 0.05) is 0 Å². The number of carbonyl (C=O) groups excluding carboxylic acids is 1. The van der Waals surface area contributed by atoms with Crippen molar-refractivity contribution in [2.45, 2.75) is 39.8 Å². The van der Waals surface area contributed by atoms with E-state index >= 15 is 0 Å². The topological polar surface area (TPSA) is 84.9 Å². The maximum Gasteiger partial charge on any atom is 0.244 e. The van der Waals surface area contributed by atoms with Gasteiger partial charge in [-0.15, -0.1) is 0 Å². The predicted octanol–water partition coefficient (Wildman–Crippen LogP) is 3.35. The molecular formula is C22H30N2O5S. The van der Waals surface area contributed by atoms with Gasteiger partial charge in [0.1, 0.15) is 6.04 Å². The van der Waals surface area contributed by atoms with Gasteiger partial charge in [-0.05, 0) is 68.7 Å². The molecule has 2 aromatic carbocycles. The molecule has 0 radical (unpaired) electrons. The Balaban J connectivity index is 2.28. The van der Waals surface area contributed by atoms with Gasteiger partial charge in [0.15, 0.2) is 11.5 Å². The third kappa shape index (κ3) is 5.24. The van der Waals surface area contributed by atoms with Crippen molar-refractivity contribution in [3.05, 3.63) is 53.1 Å². The Kier molecular flexibility index (Phi) is 7.36. The van der Waals surface area contributed by atoms with Crippen molar-refractivity contribution in [1.82, 2.24) is 5.32 Å². The first kappa shape index (κ1) is 23.5. The maximum atomic E-state index is 12.9. The summed E-state index contributed by atoms with van der Waals surface area (Å²) in [6.07, 6.45) is 1.10. The van der Waals surface area contributed by atoms with E-state index in [4.69, 9.17) is 9.47 Å². The molecule has 8 heteroatoms. The molecule has 30 heavy (non-hydrogen) atoms. The molecule has 0 aliphatic rings. The molecule has 0 saturated carbocycles. The quantitative estimate of drug-likeness (QED) is 0.689. The molecule has 0 fully saturated rings. The van der Waals surface area contributed by atoms with Crippen LogP contribution in [0.5, 0.6) is 11.5 Å². The first-order valence-corrected chi connectivity index (χ1v) is 11.4. The molecule has 164 valence electrons. The second-order valence-corrected chi connectivity index (χ2v) is 9.21. The number of nitrogens with zero attached hydrogens (tertiary/aromatic N) is 1. The normalized spacial score (nSPS) is 13.3. The van der Waals surface area contributed by atoms with Gasteiger partial charge in [0.25, 0.3) is 0 Å². The number of aryl methyl sites for hydroxylation is 2. The summed E-state index contributed by atoms with van der Waals surface area (Å²) >= 11 is 0.